The number of carbonyl (C=O) groups excluding carboxylic acids is 3. The lowest BCUT2D eigenvalue weighted by atomic mass is 10.2. The molecular formula is C24H19NO5S. The van der Waals surface area contributed by atoms with Crippen LogP contribution >= 0.6 is 11.8 Å². The van der Waals surface area contributed by atoms with Crippen molar-refractivity contribution in [2.45, 2.75) is 16.6 Å². The van der Waals surface area contributed by atoms with Gasteiger partial charge in [-0.2, -0.15) is 0 Å². The average molecular weight is 433 g/mol. The molecule has 0 saturated carbocycles. The van der Waals surface area contributed by atoms with Gasteiger partial charge in [0.2, 0.25) is 11.8 Å². The molecule has 0 unspecified atom stereocenters. The highest BCUT2D eigenvalue weighted by Gasteiger charge is 2.40. The molecule has 0 aliphatic carbocycles. The molecule has 7 heteroatoms. The van der Waals surface area contributed by atoms with Crippen molar-refractivity contribution in [3.05, 3.63) is 84.4 Å². The Hall–Kier alpha value is -3.58. The fraction of sp³-hybridized carbons (Fsp3) is 0.125. The minimum atomic E-state index is -0.612. The zero-order valence-corrected chi connectivity index (χ0v) is 17.5. The molecule has 3 aromatic rings. The molecule has 0 bridgehead atoms. The fourth-order valence-electron chi connectivity index (χ4n) is 3.26. The number of rotatable bonds is 6. The quantitative estimate of drug-likeness (QED) is 0.415. The molecule has 1 saturated heterocycles. The molecule has 0 aromatic heterocycles. The van der Waals surface area contributed by atoms with Crippen LogP contribution in [0.5, 0.6) is 11.5 Å². The lowest BCUT2D eigenvalue weighted by molar-refractivity contribution is -0.121. The number of anilines is 1. The third-order valence-electron chi connectivity index (χ3n) is 4.74. The molecule has 1 fully saturated rings. The van der Waals surface area contributed by atoms with E-state index in [1.54, 1.807) is 48.5 Å². The third kappa shape index (κ3) is 4.46. The summed E-state index contributed by atoms with van der Waals surface area (Å²) in [5.41, 5.74) is 0.857. The van der Waals surface area contributed by atoms with Crippen LogP contribution in [0.4, 0.5) is 5.69 Å². The van der Waals surface area contributed by atoms with Gasteiger partial charge in [-0.1, -0.05) is 30.3 Å². The Bertz CT molecular complexity index is 1110. The largest absolute Gasteiger partial charge is 0.465 e. The van der Waals surface area contributed by atoms with Gasteiger partial charge in [0.1, 0.15) is 11.5 Å². The lowest BCUT2D eigenvalue weighted by Crippen LogP contribution is -2.31. The number of amides is 2. The number of benzene rings is 3. The van der Waals surface area contributed by atoms with Gasteiger partial charge in [0, 0.05) is 11.3 Å². The number of hydrogen-bond acceptors (Lipinski definition) is 6. The van der Waals surface area contributed by atoms with E-state index in [9.17, 15) is 14.4 Å². The Morgan fingerprint density at radius 2 is 1.55 bits per heavy atom. The highest BCUT2D eigenvalue weighted by molar-refractivity contribution is 8.00. The van der Waals surface area contributed by atoms with Crippen molar-refractivity contribution in [2.24, 2.45) is 0 Å². The van der Waals surface area contributed by atoms with E-state index in [0.29, 0.717) is 27.6 Å². The van der Waals surface area contributed by atoms with Gasteiger partial charge in [-0.15, -0.1) is 11.8 Å². The number of methoxy groups -OCH3 is 1. The normalized spacial score (nSPS) is 15.8. The third-order valence-corrected chi connectivity index (χ3v) is 6.00. The predicted octanol–water partition coefficient (Wildman–Crippen LogP) is 4.69. The fourth-order valence-corrected chi connectivity index (χ4v) is 4.43. The number of imide groups is 1. The van der Waals surface area contributed by atoms with E-state index in [0.717, 1.165) is 0 Å². The first kappa shape index (κ1) is 20.7. The van der Waals surface area contributed by atoms with Crippen LogP contribution in [0.2, 0.25) is 0 Å². The zero-order chi connectivity index (χ0) is 21.8. The minimum Gasteiger partial charge on any atom is -0.465 e. The number of hydrogen-bond donors (Lipinski definition) is 0. The topological polar surface area (TPSA) is 72.9 Å². The molecule has 1 atom stereocenters. The average Bonchev–Trinajstić information content (AvgIpc) is 3.07. The summed E-state index contributed by atoms with van der Waals surface area (Å²) in [5.74, 6) is 0.225. The van der Waals surface area contributed by atoms with Crippen molar-refractivity contribution < 1.29 is 23.9 Å². The maximum atomic E-state index is 13.0. The van der Waals surface area contributed by atoms with Crippen molar-refractivity contribution in [2.75, 3.05) is 12.0 Å². The van der Waals surface area contributed by atoms with Crippen molar-refractivity contribution in [3.8, 4) is 11.5 Å². The summed E-state index contributed by atoms with van der Waals surface area (Å²) < 4.78 is 10.6. The van der Waals surface area contributed by atoms with Crippen LogP contribution in [0.25, 0.3) is 0 Å². The van der Waals surface area contributed by atoms with Crippen LogP contribution in [-0.4, -0.2) is 30.1 Å². The second-order valence-electron chi connectivity index (χ2n) is 6.77. The van der Waals surface area contributed by atoms with Gasteiger partial charge in [0.25, 0.3) is 0 Å². The number of esters is 1. The van der Waals surface area contributed by atoms with E-state index >= 15 is 0 Å². The molecule has 0 N–H and O–H groups in total. The van der Waals surface area contributed by atoms with E-state index in [4.69, 9.17) is 9.47 Å². The van der Waals surface area contributed by atoms with Crippen LogP contribution in [0.1, 0.15) is 16.8 Å². The van der Waals surface area contributed by atoms with Gasteiger partial charge >= 0.3 is 5.97 Å². The van der Waals surface area contributed by atoms with Crippen molar-refractivity contribution >= 4 is 35.2 Å². The minimum absolute atomic E-state index is 0.0568. The number of nitrogens with zero attached hydrogens (tertiary/aromatic N) is 1. The second-order valence-corrected chi connectivity index (χ2v) is 8.02. The molecule has 2 amide bonds. The lowest BCUT2D eigenvalue weighted by Gasteiger charge is -2.16. The molecule has 31 heavy (non-hydrogen) atoms. The summed E-state index contributed by atoms with van der Waals surface area (Å²) in [4.78, 5) is 39.4. The Kier molecular flexibility index (Phi) is 6.04. The van der Waals surface area contributed by atoms with Gasteiger partial charge in [0.15, 0.2) is 0 Å². The molecular weight excluding hydrogens is 414 g/mol. The summed E-state index contributed by atoms with van der Waals surface area (Å²) in [7, 11) is 1.31. The molecule has 1 aliphatic heterocycles. The first-order valence-corrected chi connectivity index (χ1v) is 10.5. The number of ether oxygens (including phenoxy) is 2. The van der Waals surface area contributed by atoms with Gasteiger partial charge in [-0.05, 0) is 48.5 Å². The molecule has 1 heterocycles. The molecule has 0 radical (unpaired) electrons. The molecule has 0 spiro atoms. The van der Waals surface area contributed by atoms with Gasteiger partial charge in [-0.25, -0.2) is 9.69 Å². The van der Waals surface area contributed by atoms with E-state index in [1.165, 1.54) is 23.8 Å². The summed E-state index contributed by atoms with van der Waals surface area (Å²) in [6, 6.07) is 23.0. The maximum Gasteiger partial charge on any atom is 0.338 e. The van der Waals surface area contributed by atoms with E-state index in [1.807, 2.05) is 30.3 Å². The summed E-state index contributed by atoms with van der Waals surface area (Å²) in [5, 5.41) is -0.612. The summed E-state index contributed by atoms with van der Waals surface area (Å²) in [6.45, 7) is 0. The molecule has 6 nitrogen and oxygen atoms in total. The van der Waals surface area contributed by atoms with Crippen LogP contribution in [0.15, 0.2) is 83.8 Å². The van der Waals surface area contributed by atoms with Gasteiger partial charge in [-0.3, -0.25) is 9.59 Å². The first-order valence-electron chi connectivity index (χ1n) is 9.60. The monoisotopic (exact) mass is 433 g/mol. The highest BCUT2D eigenvalue weighted by atomic mass is 32.2. The van der Waals surface area contributed by atoms with Crippen molar-refractivity contribution in [1.82, 2.24) is 0 Å². The zero-order valence-electron chi connectivity index (χ0n) is 16.7. The molecule has 1 aliphatic rings. The molecule has 4 rings (SSSR count). The molecule has 3 aromatic carbocycles. The molecule has 156 valence electrons. The first-order chi connectivity index (χ1) is 15.1. The van der Waals surface area contributed by atoms with Crippen LogP contribution in [-0.2, 0) is 14.3 Å². The highest BCUT2D eigenvalue weighted by Crippen LogP contribution is 2.36. The Balaban J connectivity index is 1.49. The standard InChI is InChI=1S/C24H19NO5S/c1-29-24(28)19-9-5-6-10-20(19)31-21-15-22(26)25(23(21)27)16-11-13-18(14-12-16)30-17-7-3-2-4-8-17/h2-14,21H,15H2,1H3/t21-/m1/s1. The number of carbonyl (C=O) groups is 3. The Labute approximate surface area is 183 Å². The smallest absolute Gasteiger partial charge is 0.338 e. The van der Waals surface area contributed by atoms with Gasteiger partial charge < -0.3 is 9.47 Å². The van der Waals surface area contributed by atoms with Crippen molar-refractivity contribution in [1.29, 1.82) is 0 Å². The Morgan fingerprint density at radius 1 is 0.903 bits per heavy atom. The van der Waals surface area contributed by atoms with E-state index in [2.05, 4.69) is 0 Å². The van der Waals surface area contributed by atoms with E-state index in [-0.39, 0.29) is 18.2 Å². The maximum absolute atomic E-state index is 13.0. The van der Waals surface area contributed by atoms with Crippen LogP contribution < -0.4 is 9.64 Å². The van der Waals surface area contributed by atoms with Crippen molar-refractivity contribution in [3.63, 3.8) is 0 Å². The van der Waals surface area contributed by atoms with Crippen LogP contribution in [0, 0.1) is 0 Å². The second kappa shape index (κ2) is 9.06. The van der Waals surface area contributed by atoms with E-state index < -0.39 is 11.2 Å². The Morgan fingerprint density at radius 3 is 2.26 bits per heavy atom. The summed E-state index contributed by atoms with van der Waals surface area (Å²) >= 11 is 1.20. The number of thioether (sulfide) groups is 1. The SMILES string of the molecule is COC(=O)c1ccccc1S[C@@H]1CC(=O)N(c2ccc(Oc3ccccc3)cc2)C1=O. The van der Waals surface area contributed by atoms with Crippen LogP contribution in [0.3, 0.4) is 0 Å². The number of para-hydroxylation sites is 1. The van der Waals surface area contributed by atoms with Gasteiger partial charge in [0.05, 0.1) is 23.6 Å². The predicted molar refractivity (Wildman–Crippen MR) is 117 cm³/mol. The summed E-state index contributed by atoms with van der Waals surface area (Å²) in [6.07, 6.45) is 0.0568.